The van der Waals surface area contributed by atoms with Gasteiger partial charge in [-0.25, -0.2) is 0 Å². The predicted octanol–water partition coefficient (Wildman–Crippen LogP) is 0.709. The normalized spacial score (nSPS) is 16.0. The minimum atomic E-state index is -0.520. The number of rotatable bonds is 11. The number of ether oxygens (including phenoxy) is 2. The molecule has 1 saturated heterocycles. The number of nitrogens with one attached hydrogen (secondary N) is 2. The summed E-state index contributed by atoms with van der Waals surface area (Å²) < 4.78 is 11.2. The third-order valence-electron chi connectivity index (χ3n) is 4.24. The number of amides is 1. The first-order valence-electron chi connectivity index (χ1n) is 9.31. The monoisotopic (exact) mass is 397 g/mol. The third-order valence-corrected chi connectivity index (χ3v) is 5.18. The molecule has 0 aromatic heterocycles. The van der Waals surface area contributed by atoms with Crippen LogP contribution in [0.1, 0.15) is 12.5 Å². The lowest BCUT2D eigenvalue weighted by Crippen LogP contribution is -2.40. The van der Waals surface area contributed by atoms with Gasteiger partial charge in [0.1, 0.15) is 12.7 Å². The first-order valence-corrected chi connectivity index (χ1v) is 10.5. The van der Waals surface area contributed by atoms with E-state index in [-0.39, 0.29) is 12.5 Å². The molecule has 0 bridgehead atoms. The summed E-state index contributed by atoms with van der Waals surface area (Å²) in [6.07, 6.45) is -0.520. The molecule has 0 spiro atoms. The van der Waals surface area contributed by atoms with Gasteiger partial charge in [0.25, 0.3) is 0 Å². The Morgan fingerprint density at radius 1 is 1.30 bits per heavy atom. The highest BCUT2D eigenvalue weighted by Crippen LogP contribution is 2.28. The van der Waals surface area contributed by atoms with Gasteiger partial charge in [-0.05, 0) is 17.7 Å². The van der Waals surface area contributed by atoms with E-state index in [0.717, 1.165) is 30.2 Å². The Bertz CT molecular complexity index is 582. The summed E-state index contributed by atoms with van der Waals surface area (Å²) in [5, 5.41) is 16.2. The number of aliphatic hydroxyl groups is 1. The molecule has 1 aliphatic heterocycles. The largest absolute Gasteiger partial charge is 0.493 e. The summed E-state index contributed by atoms with van der Waals surface area (Å²) in [6.45, 7) is 6.40. The van der Waals surface area contributed by atoms with Crippen LogP contribution < -0.4 is 20.1 Å². The van der Waals surface area contributed by atoms with E-state index in [1.165, 1.54) is 6.92 Å². The van der Waals surface area contributed by atoms with E-state index in [9.17, 15) is 9.90 Å². The van der Waals surface area contributed by atoms with Gasteiger partial charge in [0.05, 0.1) is 7.11 Å². The molecule has 0 radical (unpaired) electrons. The number of benzene rings is 1. The molecule has 0 saturated carbocycles. The lowest BCUT2D eigenvalue weighted by atomic mass is 10.2. The summed E-state index contributed by atoms with van der Waals surface area (Å²) >= 11 is 1.96. The van der Waals surface area contributed by atoms with Crippen molar-refractivity contribution in [3.05, 3.63) is 23.8 Å². The summed E-state index contributed by atoms with van der Waals surface area (Å²) in [4.78, 5) is 13.1. The van der Waals surface area contributed by atoms with Crippen LogP contribution in [0.5, 0.6) is 11.5 Å². The molecule has 7 nitrogen and oxygen atoms in total. The number of methoxy groups -OCH3 is 1. The summed E-state index contributed by atoms with van der Waals surface area (Å²) in [5.74, 6) is 3.51. The van der Waals surface area contributed by atoms with Crippen LogP contribution in [0.4, 0.5) is 0 Å². The average Bonchev–Trinajstić information content (AvgIpc) is 2.67. The topological polar surface area (TPSA) is 83.1 Å². The van der Waals surface area contributed by atoms with Crippen LogP contribution in [0.3, 0.4) is 0 Å². The van der Waals surface area contributed by atoms with Crippen molar-refractivity contribution >= 4 is 17.7 Å². The molecule has 1 aromatic carbocycles. The van der Waals surface area contributed by atoms with Crippen LogP contribution in [0, 0.1) is 0 Å². The Kier molecular flexibility index (Phi) is 9.75. The van der Waals surface area contributed by atoms with Gasteiger partial charge in [0, 0.05) is 57.7 Å². The highest BCUT2D eigenvalue weighted by molar-refractivity contribution is 7.99. The zero-order chi connectivity index (χ0) is 19.5. The second-order valence-corrected chi connectivity index (χ2v) is 7.75. The van der Waals surface area contributed by atoms with Gasteiger partial charge in [-0.2, -0.15) is 11.8 Å². The molecule has 1 fully saturated rings. The molecule has 1 amide bonds. The maximum atomic E-state index is 10.8. The van der Waals surface area contributed by atoms with Gasteiger partial charge in [0.15, 0.2) is 11.5 Å². The molecule has 152 valence electrons. The minimum Gasteiger partial charge on any atom is -0.493 e. The molecule has 1 heterocycles. The number of aliphatic hydroxyl groups excluding tert-OH is 1. The lowest BCUT2D eigenvalue weighted by Gasteiger charge is -2.28. The highest BCUT2D eigenvalue weighted by Gasteiger charge is 2.16. The van der Waals surface area contributed by atoms with Crippen LogP contribution in [-0.2, 0) is 11.3 Å². The van der Waals surface area contributed by atoms with E-state index in [1.807, 2.05) is 30.0 Å². The van der Waals surface area contributed by atoms with Crippen LogP contribution in [0.25, 0.3) is 0 Å². The number of hydrogen-bond acceptors (Lipinski definition) is 7. The Labute approximate surface area is 165 Å². The zero-order valence-electron chi connectivity index (χ0n) is 16.2. The Morgan fingerprint density at radius 3 is 2.78 bits per heavy atom. The van der Waals surface area contributed by atoms with Gasteiger partial charge < -0.3 is 25.2 Å². The van der Waals surface area contributed by atoms with Gasteiger partial charge in [-0.1, -0.05) is 6.07 Å². The molecule has 0 unspecified atom stereocenters. The van der Waals surface area contributed by atoms with Crippen LogP contribution in [0.15, 0.2) is 18.2 Å². The number of carbonyl (C=O) groups excluding carboxylic acids is 1. The molecule has 8 heteroatoms. The quantitative estimate of drug-likeness (QED) is 0.474. The smallest absolute Gasteiger partial charge is 0.216 e. The van der Waals surface area contributed by atoms with Gasteiger partial charge in [0.2, 0.25) is 5.91 Å². The average molecular weight is 398 g/mol. The van der Waals surface area contributed by atoms with Crippen molar-refractivity contribution in [1.82, 2.24) is 15.5 Å². The molecular formula is C19H31N3O4S. The fraction of sp³-hybridized carbons (Fsp3) is 0.632. The number of β-amino-alcohol motifs (C(OH)–C–C–N with tert-alkyl or cyclic N) is 1. The Morgan fingerprint density at radius 2 is 2.07 bits per heavy atom. The molecule has 2 rings (SSSR count). The first-order chi connectivity index (χ1) is 13.1. The maximum absolute atomic E-state index is 10.8. The summed E-state index contributed by atoms with van der Waals surface area (Å²) in [6, 6.07) is 5.76. The van der Waals surface area contributed by atoms with Crippen molar-refractivity contribution in [3.63, 3.8) is 0 Å². The molecule has 27 heavy (non-hydrogen) atoms. The number of nitrogens with zero attached hydrogens (tertiary/aromatic N) is 1. The first kappa shape index (κ1) is 21.8. The van der Waals surface area contributed by atoms with Crippen molar-refractivity contribution in [2.75, 3.05) is 57.9 Å². The second kappa shape index (κ2) is 12.1. The molecule has 1 aromatic rings. The Hall–Kier alpha value is -1.48. The van der Waals surface area contributed by atoms with E-state index in [1.54, 1.807) is 7.11 Å². The molecule has 1 aliphatic rings. The van der Waals surface area contributed by atoms with Crippen molar-refractivity contribution < 1.29 is 19.4 Å². The number of thioether (sulfide) groups is 1. The van der Waals surface area contributed by atoms with E-state index >= 15 is 0 Å². The van der Waals surface area contributed by atoms with Crippen LogP contribution >= 0.6 is 11.8 Å². The van der Waals surface area contributed by atoms with E-state index in [4.69, 9.17) is 9.47 Å². The van der Waals surface area contributed by atoms with Crippen molar-refractivity contribution in [2.45, 2.75) is 19.6 Å². The van der Waals surface area contributed by atoms with Crippen molar-refractivity contribution in [2.24, 2.45) is 0 Å². The standard InChI is InChI=1S/C19H31N3O4S/c1-15(23)21-6-5-20-12-16-3-4-18(19(11-16)25-2)26-14-17(24)13-22-7-9-27-10-8-22/h3-4,11,17,20,24H,5-10,12-14H2,1-2H3,(H,21,23)/t17-/m1/s1. The summed E-state index contributed by atoms with van der Waals surface area (Å²) in [5.41, 5.74) is 1.06. The molecule has 1 atom stereocenters. The SMILES string of the molecule is COc1cc(CNCCNC(C)=O)ccc1OC[C@H](O)CN1CCSCC1. The third kappa shape index (κ3) is 8.38. The van der Waals surface area contributed by atoms with Crippen molar-refractivity contribution in [1.29, 1.82) is 0 Å². The predicted molar refractivity (Wildman–Crippen MR) is 109 cm³/mol. The maximum Gasteiger partial charge on any atom is 0.216 e. The fourth-order valence-corrected chi connectivity index (χ4v) is 3.80. The number of carbonyl (C=O) groups is 1. The zero-order valence-corrected chi connectivity index (χ0v) is 17.0. The second-order valence-electron chi connectivity index (χ2n) is 6.52. The van der Waals surface area contributed by atoms with E-state index in [0.29, 0.717) is 37.7 Å². The molecular weight excluding hydrogens is 366 g/mol. The highest BCUT2D eigenvalue weighted by atomic mass is 32.2. The van der Waals surface area contributed by atoms with Crippen molar-refractivity contribution in [3.8, 4) is 11.5 Å². The molecule has 0 aliphatic carbocycles. The van der Waals surface area contributed by atoms with Gasteiger partial charge >= 0.3 is 0 Å². The minimum absolute atomic E-state index is 0.0265. The van der Waals surface area contributed by atoms with Crippen LogP contribution in [-0.4, -0.2) is 80.0 Å². The van der Waals surface area contributed by atoms with E-state index < -0.39 is 6.10 Å². The van der Waals surface area contributed by atoms with Gasteiger partial charge in [-0.15, -0.1) is 0 Å². The fourth-order valence-electron chi connectivity index (χ4n) is 2.82. The van der Waals surface area contributed by atoms with E-state index in [2.05, 4.69) is 15.5 Å². The molecule has 3 N–H and O–H groups in total. The number of hydrogen-bond donors (Lipinski definition) is 3. The van der Waals surface area contributed by atoms with Crippen LogP contribution in [0.2, 0.25) is 0 Å². The Balaban J connectivity index is 1.76. The lowest BCUT2D eigenvalue weighted by molar-refractivity contribution is -0.118. The van der Waals surface area contributed by atoms with Gasteiger partial charge in [-0.3, -0.25) is 9.69 Å². The summed E-state index contributed by atoms with van der Waals surface area (Å²) in [7, 11) is 1.61.